The van der Waals surface area contributed by atoms with Crippen molar-refractivity contribution in [1.82, 2.24) is 19.7 Å². The van der Waals surface area contributed by atoms with Crippen molar-refractivity contribution in [2.75, 3.05) is 11.8 Å². The van der Waals surface area contributed by atoms with Gasteiger partial charge in [-0.25, -0.2) is 22.2 Å². The van der Waals surface area contributed by atoms with Crippen LogP contribution in [0.4, 0.5) is 14.5 Å². The van der Waals surface area contributed by atoms with E-state index in [1.165, 1.54) is 7.11 Å². The largest absolute Gasteiger partial charge is 0.480 e. The molecular formula is C26H21F2N5O3S. The third-order valence-electron chi connectivity index (χ3n) is 5.89. The predicted molar refractivity (Wildman–Crippen MR) is 136 cm³/mol. The Labute approximate surface area is 211 Å². The van der Waals surface area contributed by atoms with Gasteiger partial charge in [0.05, 0.1) is 18.3 Å². The van der Waals surface area contributed by atoms with E-state index in [1.807, 2.05) is 38.2 Å². The first-order chi connectivity index (χ1) is 17.7. The Bertz CT molecular complexity index is 1760. The lowest BCUT2D eigenvalue weighted by atomic mass is 9.99. The molecule has 188 valence electrons. The highest BCUT2D eigenvalue weighted by Gasteiger charge is 2.23. The third-order valence-corrected chi connectivity index (χ3v) is 7.29. The van der Waals surface area contributed by atoms with Crippen LogP contribution in [0.1, 0.15) is 5.56 Å². The standard InChI is InChI=1S/C26H21F2N5O3S/c1-15-10-17(11-20-24(15)31-33(2)25(20)16-6-8-29-9-7-16)18-12-22(26(36-3)30-14-18)32-37(34,35)23-5-4-19(27)13-21(23)28/h4-14,32H,1-3H3. The molecule has 11 heteroatoms. The summed E-state index contributed by atoms with van der Waals surface area (Å²) >= 11 is 0. The van der Waals surface area contributed by atoms with Gasteiger partial charge in [-0.1, -0.05) is 0 Å². The fourth-order valence-corrected chi connectivity index (χ4v) is 5.33. The van der Waals surface area contributed by atoms with Crippen LogP contribution in [0.15, 0.2) is 72.0 Å². The molecule has 0 radical (unpaired) electrons. The molecule has 5 aromatic rings. The number of pyridine rings is 2. The molecule has 5 rings (SSSR count). The Morgan fingerprint density at radius 3 is 2.43 bits per heavy atom. The van der Waals surface area contributed by atoms with Crippen LogP contribution >= 0.6 is 0 Å². The van der Waals surface area contributed by atoms with E-state index in [-0.39, 0.29) is 11.6 Å². The molecule has 37 heavy (non-hydrogen) atoms. The summed E-state index contributed by atoms with van der Waals surface area (Å²) in [4.78, 5) is 7.64. The van der Waals surface area contributed by atoms with Crippen LogP contribution in [0.2, 0.25) is 0 Å². The van der Waals surface area contributed by atoms with Gasteiger partial charge in [-0.05, 0) is 60.5 Å². The topological polar surface area (TPSA) is 99.0 Å². The first-order valence-electron chi connectivity index (χ1n) is 11.1. The molecule has 0 saturated carbocycles. The zero-order valence-corrected chi connectivity index (χ0v) is 20.8. The highest BCUT2D eigenvalue weighted by molar-refractivity contribution is 7.92. The average Bonchev–Trinajstić information content (AvgIpc) is 3.20. The summed E-state index contributed by atoms with van der Waals surface area (Å²) in [5.74, 6) is -2.10. The molecule has 0 aliphatic heterocycles. The lowest BCUT2D eigenvalue weighted by Gasteiger charge is -2.13. The molecule has 0 fully saturated rings. The number of hydrogen-bond donors (Lipinski definition) is 1. The van der Waals surface area contributed by atoms with Crippen LogP contribution < -0.4 is 9.46 Å². The van der Waals surface area contributed by atoms with E-state index in [4.69, 9.17) is 4.74 Å². The van der Waals surface area contributed by atoms with Crippen molar-refractivity contribution in [3.05, 3.63) is 84.3 Å². The smallest absolute Gasteiger partial charge is 0.264 e. The molecule has 0 amide bonds. The number of sulfonamides is 1. The van der Waals surface area contributed by atoms with Crippen molar-refractivity contribution >= 4 is 26.6 Å². The zero-order valence-electron chi connectivity index (χ0n) is 20.0. The summed E-state index contributed by atoms with van der Waals surface area (Å²) in [6, 6.07) is 11.5. The fourth-order valence-electron chi connectivity index (χ4n) is 4.22. The highest BCUT2D eigenvalue weighted by Crippen LogP contribution is 2.36. The quantitative estimate of drug-likeness (QED) is 0.334. The maximum atomic E-state index is 14.2. The van der Waals surface area contributed by atoms with Gasteiger partial charge in [0.15, 0.2) is 0 Å². The molecule has 0 unspecified atom stereocenters. The molecule has 0 bridgehead atoms. The number of ether oxygens (including phenoxy) is 1. The minimum atomic E-state index is -4.41. The van der Waals surface area contributed by atoms with Crippen LogP contribution in [-0.2, 0) is 17.1 Å². The molecule has 0 atom stereocenters. The lowest BCUT2D eigenvalue weighted by molar-refractivity contribution is 0.400. The van der Waals surface area contributed by atoms with Crippen molar-refractivity contribution < 1.29 is 21.9 Å². The summed E-state index contributed by atoms with van der Waals surface area (Å²) in [6.45, 7) is 1.94. The van der Waals surface area contributed by atoms with E-state index in [1.54, 1.807) is 29.3 Å². The molecule has 0 aliphatic rings. The second kappa shape index (κ2) is 9.25. The Kier molecular flexibility index (Phi) is 6.08. The minimum Gasteiger partial charge on any atom is -0.480 e. The number of hydrogen-bond acceptors (Lipinski definition) is 6. The van der Waals surface area contributed by atoms with Gasteiger partial charge in [0, 0.05) is 48.2 Å². The normalized spacial score (nSPS) is 11.6. The molecule has 8 nitrogen and oxygen atoms in total. The molecule has 0 saturated heterocycles. The molecule has 2 aromatic carbocycles. The Morgan fingerprint density at radius 2 is 1.73 bits per heavy atom. The third kappa shape index (κ3) is 4.49. The number of anilines is 1. The molecule has 1 N–H and O–H groups in total. The van der Waals surface area contributed by atoms with E-state index < -0.39 is 26.6 Å². The van der Waals surface area contributed by atoms with E-state index in [0.717, 1.165) is 45.4 Å². The van der Waals surface area contributed by atoms with Gasteiger partial charge in [-0.15, -0.1) is 0 Å². The van der Waals surface area contributed by atoms with Gasteiger partial charge in [0.2, 0.25) is 5.88 Å². The van der Waals surface area contributed by atoms with Crippen molar-refractivity contribution in [3.63, 3.8) is 0 Å². The molecule has 3 heterocycles. The number of aromatic nitrogens is 4. The minimum absolute atomic E-state index is 0.00187. The van der Waals surface area contributed by atoms with Crippen LogP contribution in [-0.4, -0.2) is 35.3 Å². The van der Waals surface area contributed by atoms with Crippen LogP contribution in [0.3, 0.4) is 0 Å². The summed E-state index contributed by atoms with van der Waals surface area (Å²) < 4.78 is 62.7. The van der Waals surface area contributed by atoms with Gasteiger partial charge < -0.3 is 4.74 Å². The number of aryl methyl sites for hydroxylation is 2. The maximum absolute atomic E-state index is 14.2. The first-order valence-corrected chi connectivity index (χ1v) is 12.6. The highest BCUT2D eigenvalue weighted by atomic mass is 32.2. The van der Waals surface area contributed by atoms with Gasteiger partial charge in [0.25, 0.3) is 10.0 Å². The monoisotopic (exact) mass is 521 g/mol. The van der Waals surface area contributed by atoms with E-state index in [0.29, 0.717) is 11.6 Å². The van der Waals surface area contributed by atoms with Crippen LogP contribution in [0.25, 0.3) is 33.3 Å². The number of rotatable bonds is 6. The lowest BCUT2D eigenvalue weighted by Crippen LogP contribution is -2.15. The number of nitrogens with one attached hydrogen (secondary N) is 1. The van der Waals surface area contributed by atoms with Crippen LogP contribution in [0, 0.1) is 18.6 Å². The van der Waals surface area contributed by atoms with Gasteiger partial charge in [-0.3, -0.25) is 14.4 Å². The molecule has 0 spiro atoms. The molecule has 3 aromatic heterocycles. The van der Waals surface area contributed by atoms with Crippen molar-refractivity contribution in [2.24, 2.45) is 7.05 Å². The van der Waals surface area contributed by atoms with Crippen LogP contribution in [0.5, 0.6) is 5.88 Å². The summed E-state index contributed by atoms with van der Waals surface area (Å²) in [5.41, 5.74) is 4.93. The Hall–Kier alpha value is -4.38. The average molecular weight is 522 g/mol. The van der Waals surface area contributed by atoms with Gasteiger partial charge >= 0.3 is 0 Å². The number of nitrogens with zero attached hydrogens (tertiary/aromatic N) is 4. The Morgan fingerprint density at radius 1 is 0.973 bits per heavy atom. The van der Waals surface area contributed by atoms with E-state index in [9.17, 15) is 17.2 Å². The number of fused-ring (bicyclic) bond motifs is 1. The second-order valence-corrected chi connectivity index (χ2v) is 10.0. The number of halogens is 2. The van der Waals surface area contributed by atoms with E-state index >= 15 is 0 Å². The van der Waals surface area contributed by atoms with Crippen molar-refractivity contribution in [2.45, 2.75) is 11.8 Å². The van der Waals surface area contributed by atoms with Crippen molar-refractivity contribution in [3.8, 4) is 28.3 Å². The summed E-state index contributed by atoms with van der Waals surface area (Å²) in [7, 11) is -1.20. The number of methoxy groups -OCH3 is 1. The zero-order chi connectivity index (χ0) is 26.3. The van der Waals surface area contributed by atoms with Crippen molar-refractivity contribution in [1.29, 1.82) is 0 Å². The molecule has 0 aliphatic carbocycles. The van der Waals surface area contributed by atoms with E-state index in [2.05, 4.69) is 19.8 Å². The predicted octanol–water partition coefficient (Wildman–Crippen LogP) is 5.09. The SMILES string of the molecule is COc1ncc(-c2cc(C)c3nn(C)c(-c4ccncc4)c3c2)cc1NS(=O)(=O)c1ccc(F)cc1F. The second-order valence-electron chi connectivity index (χ2n) is 8.36. The fraction of sp³-hybridized carbons (Fsp3) is 0.115. The van der Waals surface area contributed by atoms with Gasteiger partial charge in [-0.2, -0.15) is 5.10 Å². The first kappa shape index (κ1) is 24.3. The number of benzene rings is 2. The summed E-state index contributed by atoms with van der Waals surface area (Å²) in [6.07, 6.45) is 4.97. The van der Waals surface area contributed by atoms with Gasteiger partial charge in [0.1, 0.15) is 22.2 Å². The molecular weight excluding hydrogens is 500 g/mol. The summed E-state index contributed by atoms with van der Waals surface area (Å²) in [5, 5.41) is 5.57. The maximum Gasteiger partial charge on any atom is 0.264 e. The Balaban J connectivity index is 1.62.